The van der Waals surface area contributed by atoms with E-state index < -0.39 is 5.95 Å². The maximum Gasteiger partial charge on any atom is 0.258 e. The predicted molar refractivity (Wildman–Crippen MR) is 62.4 cm³/mol. The van der Waals surface area contributed by atoms with Crippen LogP contribution in [0.15, 0.2) is 18.3 Å². The van der Waals surface area contributed by atoms with E-state index in [2.05, 4.69) is 4.98 Å². The number of aromatic nitrogens is 1. The zero-order valence-electron chi connectivity index (χ0n) is 10.1. The molecule has 1 aliphatic heterocycles. The number of pyridine rings is 1. The van der Waals surface area contributed by atoms with Crippen molar-refractivity contribution in [3.05, 3.63) is 29.8 Å². The van der Waals surface area contributed by atoms with Crippen molar-refractivity contribution in [3.8, 4) is 0 Å². The van der Waals surface area contributed by atoms with Gasteiger partial charge in [0.2, 0.25) is 11.9 Å². The zero-order chi connectivity index (χ0) is 13.1. The third-order valence-electron chi connectivity index (χ3n) is 3.00. The van der Waals surface area contributed by atoms with Crippen LogP contribution in [0.5, 0.6) is 0 Å². The van der Waals surface area contributed by atoms with Crippen LogP contribution in [0.25, 0.3) is 0 Å². The van der Waals surface area contributed by atoms with E-state index >= 15 is 0 Å². The van der Waals surface area contributed by atoms with Crippen molar-refractivity contribution in [1.29, 1.82) is 0 Å². The summed E-state index contributed by atoms with van der Waals surface area (Å²) in [5.41, 5.74) is -0.0197. The molecule has 0 radical (unpaired) electrons. The Morgan fingerprint density at radius 2 is 1.83 bits per heavy atom. The Kier molecular flexibility index (Phi) is 3.55. The van der Waals surface area contributed by atoms with Crippen molar-refractivity contribution in [3.63, 3.8) is 0 Å². The van der Waals surface area contributed by atoms with Crippen LogP contribution in [-0.4, -0.2) is 52.8 Å². The Labute approximate surface area is 104 Å². The molecular weight excluding hydrogens is 237 g/mol. The van der Waals surface area contributed by atoms with Gasteiger partial charge in [-0.2, -0.15) is 4.39 Å². The standard InChI is InChI=1S/C12H14FN3O2/c1-9(17)15-5-7-16(8-6-15)12(18)10-3-2-4-14-11(10)13/h2-4H,5-8H2,1H3. The predicted octanol–water partition coefficient (Wildman–Crippen LogP) is 0.525. The molecule has 2 rings (SSSR count). The van der Waals surface area contributed by atoms with Crippen LogP contribution < -0.4 is 0 Å². The third-order valence-corrected chi connectivity index (χ3v) is 3.00. The van der Waals surface area contributed by atoms with Gasteiger partial charge in [-0.25, -0.2) is 4.98 Å². The minimum atomic E-state index is -0.753. The molecule has 2 amide bonds. The van der Waals surface area contributed by atoms with Gasteiger partial charge in [-0.05, 0) is 12.1 Å². The van der Waals surface area contributed by atoms with Crippen LogP contribution >= 0.6 is 0 Å². The average Bonchev–Trinajstić information content (AvgIpc) is 2.38. The van der Waals surface area contributed by atoms with Gasteiger partial charge in [0, 0.05) is 39.3 Å². The summed E-state index contributed by atoms with van der Waals surface area (Å²) in [4.78, 5) is 29.9. The number of hydrogen-bond acceptors (Lipinski definition) is 3. The summed E-state index contributed by atoms with van der Waals surface area (Å²) in [6.07, 6.45) is 1.31. The topological polar surface area (TPSA) is 53.5 Å². The number of hydrogen-bond donors (Lipinski definition) is 0. The van der Waals surface area contributed by atoms with E-state index in [0.29, 0.717) is 26.2 Å². The molecule has 1 aromatic rings. The van der Waals surface area contributed by atoms with Crippen molar-refractivity contribution >= 4 is 11.8 Å². The zero-order valence-corrected chi connectivity index (χ0v) is 10.1. The SMILES string of the molecule is CC(=O)N1CCN(C(=O)c2cccnc2F)CC1. The van der Waals surface area contributed by atoms with Gasteiger partial charge in [0.25, 0.3) is 5.91 Å². The molecule has 96 valence electrons. The number of carbonyl (C=O) groups excluding carboxylic acids is 2. The Balaban J connectivity index is 2.04. The molecule has 0 bridgehead atoms. The van der Waals surface area contributed by atoms with Crippen molar-refractivity contribution in [2.24, 2.45) is 0 Å². The molecule has 0 N–H and O–H groups in total. The quantitative estimate of drug-likeness (QED) is 0.684. The Bertz CT molecular complexity index is 470. The van der Waals surface area contributed by atoms with Gasteiger partial charge in [0.05, 0.1) is 5.56 Å². The minimum absolute atomic E-state index is 0.00495. The van der Waals surface area contributed by atoms with Crippen molar-refractivity contribution < 1.29 is 14.0 Å². The summed E-state index contributed by atoms with van der Waals surface area (Å²) >= 11 is 0. The molecule has 0 aromatic carbocycles. The lowest BCUT2D eigenvalue weighted by molar-refractivity contribution is -0.130. The van der Waals surface area contributed by atoms with Crippen LogP contribution in [0.1, 0.15) is 17.3 Å². The summed E-state index contributed by atoms with van der Waals surface area (Å²) in [6.45, 7) is 3.32. The number of carbonyl (C=O) groups is 2. The largest absolute Gasteiger partial charge is 0.339 e. The highest BCUT2D eigenvalue weighted by molar-refractivity contribution is 5.94. The number of rotatable bonds is 1. The number of piperazine rings is 1. The smallest absolute Gasteiger partial charge is 0.258 e. The minimum Gasteiger partial charge on any atom is -0.339 e. The highest BCUT2D eigenvalue weighted by atomic mass is 19.1. The molecule has 1 saturated heterocycles. The molecule has 0 saturated carbocycles. The van der Waals surface area contributed by atoms with Gasteiger partial charge in [0.1, 0.15) is 0 Å². The second kappa shape index (κ2) is 5.12. The highest BCUT2D eigenvalue weighted by Gasteiger charge is 2.25. The molecule has 1 aliphatic rings. The lowest BCUT2D eigenvalue weighted by atomic mass is 10.2. The van der Waals surface area contributed by atoms with Crippen LogP contribution in [-0.2, 0) is 4.79 Å². The summed E-state index contributed by atoms with van der Waals surface area (Å²) in [5, 5.41) is 0. The number of nitrogens with zero attached hydrogens (tertiary/aromatic N) is 3. The average molecular weight is 251 g/mol. The first-order valence-electron chi connectivity index (χ1n) is 5.75. The second-order valence-electron chi connectivity index (χ2n) is 4.14. The van der Waals surface area contributed by atoms with Crippen molar-refractivity contribution in [1.82, 2.24) is 14.8 Å². The fraction of sp³-hybridized carbons (Fsp3) is 0.417. The lowest BCUT2D eigenvalue weighted by Crippen LogP contribution is -2.50. The molecule has 18 heavy (non-hydrogen) atoms. The van der Waals surface area contributed by atoms with Gasteiger partial charge >= 0.3 is 0 Å². The van der Waals surface area contributed by atoms with Crippen LogP contribution in [0, 0.1) is 5.95 Å². The van der Waals surface area contributed by atoms with Crippen molar-refractivity contribution in [2.45, 2.75) is 6.92 Å². The number of halogens is 1. The molecule has 0 aliphatic carbocycles. The molecule has 1 fully saturated rings. The molecule has 6 heteroatoms. The Morgan fingerprint density at radius 3 is 2.39 bits per heavy atom. The van der Waals surface area contributed by atoms with Gasteiger partial charge in [0.15, 0.2) is 0 Å². The van der Waals surface area contributed by atoms with Crippen LogP contribution in [0.2, 0.25) is 0 Å². The first-order chi connectivity index (χ1) is 8.59. The molecule has 5 nitrogen and oxygen atoms in total. The maximum absolute atomic E-state index is 13.4. The van der Waals surface area contributed by atoms with Gasteiger partial charge < -0.3 is 9.80 Å². The summed E-state index contributed by atoms with van der Waals surface area (Å²) in [5.74, 6) is -1.13. The van der Waals surface area contributed by atoms with Gasteiger partial charge in [-0.15, -0.1) is 0 Å². The lowest BCUT2D eigenvalue weighted by Gasteiger charge is -2.34. The normalized spacial score (nSPS) is 15.7. The summed E-state index contributed by atoms with van der Waals surface area (Å²) < 4.78 is 13.4. The number of amides is 2. The summed E-state index contributed by atoms with van der Waals surface area (Å²) in [7, 11) is 0. The molecule has 0 unspecified atom stereocenters. The van der Waals surface area contributed by atoms with E-state index in [0.717, 1.165) is 0 Å². The van der Waals surface area contributed by atoms with Gasteiger partial charge in [-0.1, -0.05) is 0 Å². The van der Waals surface area contributed by atoms with Crippen LogP contribution in [0.4, 0.5) is 4.39 Å². The van der Waals surface area contributed by atoms with E-state index in [1.54, 1.807) is 9.80 Å². The molecule has 0 atom stereocenters. The fourth-order valence-electron chi connectivity index (χ4n) is 1.94. The van der Waals surface area contributed by atoms with E-state index in [9.17, 15) is 14.0 Å². The molecule has 2 heterocycles. The monoisotopic (exact) mass is 251 g/mol. The highest BCUT2D eigenvalue weighted by Crippen LogP contribution is 2.10. The summed E-state index contributed by atoms with van der Waals surface area (Å²) in [6, 6.07) is 2.95. The molecular formula is C12H14FN3O2. The van der Waals surface area contributed by atoms with Crippen molar-refractivity contribution in [2.75, 3.05) is 26.2 Å². The van der Waals surface area contributed by atoms with E-state index in [-0.39, 0.29) is 17.4 Å². The van der Waals surface area contributed by atoms with E-state index in [1.807, 2.05) is 0 Å². The molecule has 1 aromatic heterocycles. The first kappa shape index (κ1) is 12.5. The Hall–Kier alpha value is -1.98. The van der Waals surface area contributed by atoms with E-state index in [1.165, 1.54) is 25.3 Å². The second-order valence-corrected chi connectivity index (χ2v) is 4.14. The van der Waals surface area contributed by atoms with Gasteiger partial charge in [-0.3, -0.25) is 9.59 Å². The first-order valence-corrected chi connectivity index (χ1v) is 5.75. The maximum atomic E-state index is 13.4. The third kappa shape index (κ3) is 2.47. The van der Waals surface area contributed by atoms with E-state index in [4.69, 9.17) is 0 Å². The van der Waals surface area contributed by atoms with Crippen LogP contribution in [0.3, 0.4) is 0 Å². The molecule has 0 spiro atoms. The fourth-order valence-corrected chi connectivity index (χ4v) is 1.94. The Morgan fingerprint density at radius 1 is 1.22 bits per heavy atom.